The van der Waals surface area contributed by atoms with Gasteiger partial charge in [0.1, 0.15) is 5.75 Å². The van der Waals surface area contributed by atoms with E-state index in [1.807, 2.05) is 32.0 Å². The molecule has 0 unspecified atom stereocenters. The Labute approximate surface area is 130 Å². The van der Waals surface area contributed by atoms with Crippen LogP contribution in [0.2, 0.25) is 0 Å². The van der Waals surface area contributed by atoms with Gasteiger partial charge in [0.15, 0.2) is 12.4 Å². The normalized spacial score (nSPS) is 10.3. The number of amides is 1. The minimum atomic E-state index is -0.167. The monoisotopic (exact) mass is 297 g/mol. The molecule has 0 fully saturated rings. The molecule has 1 N–H and O–H groups in total. The maximum atomic E-state index is 12.2. The van der Waals surface area contributed by atoms with E-state index < -0.39 is 0 Å². The SMILES string of the molecule is CC(C)NC(=O)COc1ccc(C(=O)c2ccccc2)cc1. The van der Waals surface area contributed by atoms with Crippen molar-refractivity contribution in [2.24, 2.45) is 0 Å². The maximum absolute atomic E-state index is 12.2. The number of carbonyl (C=O) groups is 2. The van der Waals surface area contributed by atoms with Crippen LogP contribution in [-0.4, -0.2) is 24.3 Å². The summed E-state index contributed by atoms with van der Waals surface area (Å²) in [6.45, 7) is 3.74. The predicted octanol–water partition coefficient (Wildman–Crippen LogP) is 2.82. The lowest BCUT2D eigenvalue weighted by Gasteiger charge is -2.10. The van der Waals surface area contributed by atoms with Crippen molar-refractivity contribution in [3.8, 4) is 5.75 Å². The number of nitrogens with one attached hydrogen (secondary N) is 1. The van der Waals surface area contributed by atoms with Gasteiger partial charge in [0, 0.05) is 17.2 Å². The van der Waals surface area contributed by atoms with Crippen molar-refractivity contribution < 1.29 is 14.3 Å². The third-order valence-electron chi connectivity index (χ3n) is 2.97. The number of carbonyl (C=O) groups excluding carboxylic acids is 2. The van der Waals surface area contributed by atoms with Crippen LogP contribution < -0.4 is 10.1 Å². The number of benzene rings is 2. The molecule has 0 aliphatic carbocycles. The van der Waals surface area contributed by atoms with E-state index in [-0.39, 0.29) is 24.3 Å². The van der Waals surface area contributed by atoms with E-state index in [9.17, 15) is 9.59 Å². The Kier molecular flexibility index (Phi) is 5.31. The summed E-state index contributed by atoms with van der Waals surface area (Å²) in [5, 5.41) is 2.75. The third-order valence-corrected chi connectivity index (χ3v) is 2.97. The molecule has 2 aromatic rings. The molecule has 0 bridgehead atoms. The standard InChI is InChI=1S/C18H19NO3/c1-13(2)19-17(20)12-22-16-10-8-15(9-11-16)18(21)14-6-4-3-5-7-14/h3-11,13H,12H2,1-2H3,(H,19,20). The largest absolute Gasteiger partial charge is 0.484 e. The summed E-state index contributed by atoms with van der Waals surface area (Å²) in [4.78, 5) is 23.7. The van der Waals surface area contributed by atoms with Gasteiger partial charge in [-0.2, -0.15) is 0 Å². The van der Waals surface area contributed by atoms with Gasteiger partial charge in [-0.05, 0) is 38.1 Å². The van der Waals surface area contributed by atoms with Crippen molar-refractivity contribution in [3.05, 3.63) is 65.7 Å². The lowest BCUT2D eigenvalue weighted by Crippen LogP contribution is -2.34. The van der Waals surface area contributed by atoms with Crippen molar-refractivity contribution in [1.82, 2.24) is 5.32 Å². The predicted molar refractivity (Wildman–Crippen MR) is 85.1 cm³/mol. The first-order valence-corrected chi connectivity index (χ1v) is 7.18. The van der Waals surface area contributed by atoms with Gasteiger partial charge < -0.3 is 10.1 Å². The van der Waals surface area contributed by atoms with Gasteiger partial charge in [0.05, 0.1) is 0 Å². The molecule has 0 heterocycles. The zero-order chi connectivity index (χ0) is 15.9. The fourth-order valence-electron chi connectivity index (χ4n) is 1.97. The molecule has 2 rings (SSSR count). The highest BCUT2D eigenvalue weighted by atomic mass is 16.5. The first kappa shape index (κ1) is 15.8. The average Bonchev–Trinajstić information content (AvgIpc) is 2.53. The van der Waals surface area contributed by atoms with Crippen molar-refractivity contribution in [2.75, 3.05) is 6.61 Å². The highest BCUT2D eigenvalue weighted by molar-refractivity contribution is 6.08. The summed E-state index contributed by atoms with van der Waals surface area (Å²) in [6.07, 6.45) is 0. The fraction of sp³-hybridized carbons (Fsp3) is 0.222. The second kappa shape index (κ2) is 7.41. The Bertz CT molecular complexity index is 633. The molecule has 0 aliphatic rings. The van der Waals surface area contributed by atoms with Crippen LogP contribution in [0.3, 0.4) is 0 Å². The van der Waals surface area contributed by atoms with Gasteiger partial charge in [-0.1, -0.05) is 30.3 Å². The summed E-state index contributed by atoms with van der Waals surface area (Å²) in [5.41, 5.74) is 1.23. The second-order valence-corrected chi connectivity index (χ2v) is 5.23. The summed E-state index contributed by atoms with van der Waals surface area (Å²) < 4.78 is 5.39. The molecule has 1 amide bonds. The number of ether oxygens (including phenoxy) is 1. The van der Waals surface area contributed by atoms with Crippen molar-refractivity contribution >= 4 is 11.7 Å². The highest BCUT2D eigenvalue weighted by Crippen LogP contribution is 2.15. The fourth-order valence-corrected chi connectivity index (χ4v) is 1.97. The summed E-state index contributed by atoms with van der Waals surface area (Å²) >= 11 is 0. The quantitative estimate of drug-likeness (QED) is 0.834. The van der Waals surface area contributed by atoms with Crippen LogP contribution in [0.1, 0.15) is 29.8 Å². The molecular formula is C18H19NO3. The molecule has 0 aliphatic heterocycles. The van der Waals surface area contributed by atoms with E-state index in [1.165, 1.54) is 0 Å². The Morgan fingerprint density at radius 2 is 1.55 bits per heavy atom. The first-order valence-electron chi connectivity index (χ1n) is 7.18. The van der Waals surface area contributed by atoms with Gasteiger partial charge in [-0.3, -0.25) is 9.59 Å². The molecule has 0 spiro atoms. The molecule has 0 aromatic heterocycles. The Morgan fingerprint density at radius 3 is 2.14 bits per heavy atom. The lowest BCUT2D eigenvalue weighted by molar-refractivity contribution is -0.123. The van der Waals surface area contributed by atoms with Crippen LogP contribution in [0.5, 0.6) is 5.75 Å². The van der Waals surface area contributed by atoms with E-state index in [2.05, 4.69) is 5.32 Å². The number of rotatable bonds is 6. The van der Waals surface area contributed by atoms with E-state index in [4.69, 9.17) is 4.74 Å². The summed E-state index contributed by atoms with van der Waals surface area (Å²) in [6, 6.07) is 16.0. The average molecular weight is 297 g/mol. The molecule has 0 atom stereocenters. The molecule has 0 saturated heterocycles. The third kappa shape index (κ3) is 4.45. The van der Waals surface area contributed by atoms with Gasteiger partial charge in [-0.15, -0.1) is 0 Å². The molecule has 4 heteroatoms. The molecule has 22 heavy (non-hydrogen) atoms. The Morgan fingerprint density at radius 1 is 0.955 bits per heavy atom. The van der Waals surface area contributed by atoms with Crippen molar-refractivity contribution in [1.29, 1.82) is 0 Å². The van der Waals surface area contributed by atoms with Gasteiger partial charge in [0.25, 0.3) is 5.91 Å². The van der Waals surface area contributed by atoms with Crippen LogP contribution in [-0.2, 0) is 4.79 Å². The Hall–Kier alpha value is -2.62. The van der Waals surface area contributed by atoms with Crippen LogP contribution in [0.4, 0.5) is 0 Å². The lowest BCUT2D eigenvalue weighted by atomic mass is 10.0. The molecule has 4 nitrogen and oxygen atoms in total. The van der Waals surface area contributed by atoms with Gasteiger partial charge >= 0.3 is 0 Å². The van der Waals surface area contributed by atoms with Crippen LogP contribution in [0, 0.1) is 0 Å². The van der Waals surface area contributed by atoms with Gasteiger partial charge in [0.2, 0.25) is 0 Å². The number of ketones is 1. The highest BCUT2D eigenvalue weighted by Gasteiger charge is 2.09. The summed E-state index contributed by atoms with van der Waals surface area (Å²) in [5.74, 6) is 0.354. The summed E-state index contributed by atoms with van der Waals surface area (Å²) in [7, 11) is 0. The van der Waals surface area contributed by atoms with Crippen LogP contribution in [0.25, 0.3) is 0 Å². The van der Waals surface area contributed by atoms with Crippen LogP contribution >= 0.6 is 0 Å². The van der Waals surface area contributed by atoms with Crippen LogP contribution in [0.15, 0.2) is 54.6 Å². The molecule has 2 aromatic carbocycles. The smallest absolute Gasteiger partial charge is 0.258 e. The topological polar surface area (TPSA) is 55.4 Å². The number of hydrogen-bond donors (Lipinski definition) is 1. The molecule has 114 valence electrons. The first-order chi connectivity index (χ1) is 10.6. The molecule has 0 saturated carbocycles. The van der Waals surface area contributed by atoms with Crippen molar-refractivity contribution in [2.45, 2.75) is 19.9 Å². The molecular weight excluding hydrogens is 278 g/mol. The van der Waals surface area contributed by atoms with E-state index in [1.54, 1.807) is 36.4 Å². The second-order valence-electron chi connectivity index (χ2n) is 5.23. The molecule has 0 radical (unpaired) electrons. The zero-order valence-corrected chi connectivity index (χ0v) is 12.7. The van der Waals surface area contributed by atoms with E-state index in [0.717, 1.165) is 0 Å². The van der Waals surface area contributed by atoms with Gasteiger partial charge in [-0.25, -0.2) is 0 Å². The van der Waals surface area contributed by atoms with Crippen molar-refractivity contribution in [3.63, 3.8) is 0 Å². The van der Waals surface area contributed by atoms with E-state index in [0.29, 0.717) is 16.9 Å². The zero-order valence-electron chi connectivity index (χ0n) is 12.7. The number of hydrogen-bond acceptors (Lipinski definition) is 3. The minimum Gasteiger partial charge on any atom is -0.484 e. The Balaban J connectivity index is 1.96. The minimum absolute atomic E-state index is 0.0373. The van der Waals surface area contributed by atoms with E-state index >= 15 is 0 Å². The maximum Gasteiger partial charge on any atom is 0.258 e.